The summed E-state index contributed by atoms with van der Waals surface area (Å²) >= 11 is 0. The molecular formula is C35H61N5O8S. The highest BCUT2D eigenvalue weighted by molar-refractivity contribution is 7.81. The number of carbonyl (C=O) groups is 2. The first kappa shape index (κ1) is 39.4. The maximum atomic E-state index is 13.7. The van der Waals surface area contributed by atoms with Gasteiger partial charge in [-0.25, -0.2) is 9.59 Å². The topological polar surface area (TPSA) is 135 Å². The van der Waals surface area contributed by atoms with E-state index < -0.39 is 33.6 Å². The van der Waals surface area contributed by atoms with Gasteiger partial charge in [-0.15, -0.1) is 4.28 Å². The average Bonchev–Trinajstić information content (AvgIpc) is 3.77. The maximum Gasteiger partial charge on any atom is 0.437 e. The first-order valence-corrected chi connectivity index (χ1v) is 20.0. The quantitative estimate of drug-likeness (QED) is 0.132. The molecule has 14 heteroatoms. The Kier molecular flexibility index (Phi) is 13.8. The number of carbonyl (C=O) groups excluding carboxylic acids is 2. The summed E-state index contributed by atoms with van der Waals surface area (Å²) < 4.78 is 49.8. The summed E-state index contributed by atoms with van der Waals surface area (Å²) in [6.45, 7) is 16.0. The first-order chi connectivity index (χ1) is 23.2. The molecule has 13 nitrogen and oxygen atoms in total. The molecule has 0 aromatic carbocycles. The zero-order chi connectivity index (χ0) is 35.8. The van der Waals surface area contributed by atoms with Crippen LogP contribution in [0.25, 0.3) is 0 Å². The van der Waals surface area contributed by atoms with E-state index in [0.717, 1.165) is 75.7 Å². The van der Waals surface area contributed by atoms with Crippen molar-refractivity contribution in [3.8, 4) is 0 Å². The molecule has 0 saturated carbocycles. The van der Waals surface area contributed by atoms with Gasteiger partial charge in [0.1, 0.15) is 17.1 Å². The Labute approximate surface area is 294 Å². The van der Waals surface area contributed by atoms with Crippen LogP contribution >= 0.6 is 0 Å². The average molecular weight is 712 g/mol. The van der Waals surface area contributed by atoms with E-state index in [2.05, 4.69) is 32.9 Å². The summed E-state index contributed by atoms with van der Waals surface area (Å²) in [7, 11) is -4.60. The molecule has 4 rings (SSSR count). The van der Waals surface area contributed by atoms with Crippen LogP contribution in [0.2, 0.25) is 0 Å². The van der Waals surface area contributed by atoms with Crippen molar-refractivity contribution in [3.63, 3.8) is 0 Å². The number of piperidine rings is 1. The van der Waals surface area contributed by atoms with E-state index in [1.807, 2.05) is 26.8 Å². The molecule has 0 radical (unpaired) electrons. The fraction of sp³-hybridized carbons (Fsp3) is 0.857. The Hall–Kier alpha value is -2.42. The molecule has 3 amide bonds. The smallest absolute Gasteiger partial charge is 0.437 e. The van der Waals surface area contributed by atoms with E-state index in [1.54, 1.807) is 14.9 Å². The van der Waals surface area contributed by atoms with Crippen molar-refractivity contribution in [3.05, 3.63) is 17.5 Å². The lowest BCUT2D eigenvalue weighted by Gasteiger charge is -2.43. The van der Waals surface area contributed by atoms with E-state index in [-0.39, 0.29) is 18.1 Å². The summed E-state index contributed by atoms with van der Waals surface area (Å²) in [5, 5.41) is 6.97. The summed E-state index contributed by atoms with van der Waals surface area (Å²) in [6.07, 6.45) is 11.3. The third-order valence-corrected chi connectivity index (χ3v) is 10.7. The lowest BCUT2D eigenvalue weighted by molar-refractivity contribution is -0.172. The SMILES string of the molecule is CCCCN(OS(=O)(=O)ON1C(=O)N2C[C@@H]1CC[C@H]2c1cc(CC2CCN(C(=O)OC(C)(C)C)C2)on1)C(CCC)(CCCC)CCCC. The summed E-state index contributed by atoms with van der Waals surface area (Å²) in [5.74, 6) is 0.904. The zero-order valence-corrected chi connectivity index (χ0v) is 31.8. The minimum Gasteiger partial charge on any atom is -0.444 e. The Morgan fingerprint density at radius 1 is 0.980 bits per heavy atom. The van der Waals surface area contributed by atoms with Gasteiger partial charge in [0.2, 0.25) is 0 Å². The first-order valence-electron chi connectivity index (χ1n) is 18.7. The lowest BCUT2D eigenvalue weighted by atomic mass is 9.82. The predicted molar refractivity (Wildman–Crippen MR) is 185 cm³/mol. The number of nitrogens with zero attached hydrogens (tertiary/aromatic N) is 5. The van der Waals surface area contributed by atoms with E-state index >= 15 is 0 Å². The van der Waals surface area contributed by atoms with Crippen molar-refractivity contribution < 1.29 is 35.8 Å². The number of hydroxylamine groups is 4. The normalized spacial score (nSPS) is 21.8. The van der Waals surface area contributed by atoms with Gasteiger partial charge in [0.05, 0.1) is 12.1 Å². The summed E-state index contributed by atoms with van der Waals surface area (Å²) in [4.78, 5) is 29.5. The number of rotatable bonds is 19. The van der Waals surface area contributed by atoms with Gasteiger partial charge in [-0.05, 0) is 71.6 Å². The van der Waals surface area contributed by atoms with Crippen molar-refractivity contribution in [2.75, 3.05) is 26.2 Å². The number of amides is 3. The van der Waals surface area contributed by atoms with Gasteiger partial charge < -0.3 is 19.1 Å². The largest absolute Gasteiger partial charge is 0.444 e. The van der Waals surface area contributed by atoms with Gasteiger partial charge in [-0.1, -0.05) is 71.4 Å². The molecule has 1 unspecified atom stereocenters. The van der Waals surface area contributed by atoms with Crippen LogP contribution in [0, 0.1) is 5.92 Å². The Morgan fingerprint density at radius 2 is 1.67 bits per heavy atom. The monoisotopic (exact) mass is 711 g/mol. The van der Waals surface area contributed by atoms with E-state index in [9.17, 15) is 18.0 Å². The highest BCUT2D eigenvalue weighted by Crippen LogP contribution is 2.40. The second-order valence-corrected chi connectivity index (χ2v) is 16.3. The van der Waals surface area contributed by atoms with Crippen LogP contribution in [-0.4, -0.2) is 89.0 Å². The maximum absolute atomic E-state index is 13.7. The third-order valence-electron chi connectivity index (χ3n) is 9.97. The Balaban J connectivity index is 1.41. The van der Waals surface area contributed by atoms with Crippen LogP contribution in [0.3, 0.4) is 0 Å². The minimum absolute atomic E-state index is 0.212. The van der Waals surface area contributed by atoms with E-state index in [4.69, 9.17) is 17.8 Å². The van der Waals surface area contributed by atoms with Crippen molar-refractivity contribution in [2.24, 2.45) is 5.92 Å². The van der Waals surface area contributed by atoms with Crippen molar-refractivity contribution in [1.82, 2.24) is 25.1 Å². The van der Waals surface area contributed by atoms with Crippen LogP contribution in [-0.2, 0) is 30.1 Å². The van der Waals surface area contributed by atoms with Crippen LogP contribution in [0.4, 0.5) is 9.59 Å². The number of hydrogen-bond donors (Lipinski definition) is 0. The molecule has 2 bridgehead atoms. The number of ether oxygens (including phenoxy) is 1. The molecule has 1 aromatic rings. The second kappa shape index (κ2) is 17.2. The van der Waals surface area contributed by atoms with Gasteiger partial charge in [-0.3, -0.25) is 0 Å². The van der Waals surface area contributed by atoms with E-state index in [0.29, 0.717) is 56.9 Å². The van der Waals surface area contributed by atoms with Crippen molar-refractivity contribution in [2.45, 2.75) is 162 Å². The van der Waals surface area contributed by atoms with Crippen LogP contribution in [0.5, 0.6) is 0 Å². The number of likely N-dealkylation sites (tertiary alicyclic amines) is 1. The van der Waals surface area contributed by atoms with E-state index in [1.165, 1.54) is 0 Å². The van der Waals surface area contributed by atoms with Crippen molar-refractivity contribution >= 4 is 22.5 Å². The summed E-state index contributed by atoms with van der Waals surface area (Å²) in [5.41, 5.74) is -0.341. The Morgan fingerprint density at radius 3 is 2.31 bits per heavy atom. The summed E-state index contributed by atoms with van der Waals surface area (Å²) in [6, 6.07) is 0.575. The standard InChI is InChI=1S/C35H61N5O8S/c1-8-12-19-35(18-11-4,20-13-9-2)39(21-14-10-3)47-49(43,44)48-40-28-15-16-31(38(26-28)32(40)41)30-24-29(46-36-30)23-27-17-22-37(25-27)33(42)45-34(5,6)7/h24,27-28,31H,8-23,25-26H2,1-7H3/t27?,28-,31-/m0/s1. The Bertz CT molecular complexity index is 1320. The van der Waals surface area contributed by atoms with Crippen LogP contribution in [0.1, 0.15) is 149 Å². The predicted octanol–water partition coefficient (Wildman–Crippen LogP) is 7.54. The number of unbranched alkanes of at least 4 members (excludes halogenated alkanes) is 3. The molecule has 1 aromatic heterocycles. The molecular weight excluding hydrogens is 650 g/mol. The number of hydrogen-bond acceptors (Lipinski definition) is 10. The lowest BCUT2D eigenvalue weighted by Crippen LogP contribution is -2.51. The molecule has 3 aliphatic heterocycles. The minimum atomic E-state index is -4.60. The second-order valence-electron chi connectivity index (χ2n) is 15.2. The van der Waals surface area contributed by atoms with Gasteiger partial charge in [0.15, 0.2) is 0 Å². The molecule has 0 aliphatic carbocycles. The molecule has 49 heavy (non-hydrogen) atoms. The molecule has 3 aliphatic rings. The fourth-order valence-electron chi connectivity index (χ4n) is 7.50. The number of aromatic nitrogens is 1. The third kappa shape index (κ3) is 10.3. The van der Waals surface area contributed by atoms with Gasteiger partial charge in [-0.2, -0.15) is 22.8 Å². The fourth-order valence-corrected chi connectivity index (χ4v) is 8.36. The zero-order valence-electron chi connectivity index (χ0n) is 30.9. The van der Waals surface area contributed by atoms with Crippen molar-refractivity contribution in [1.29, 1.82) is 0 Å². The highest BCUT2D eigenvalue weighted by Gasteiger charge is 2.49. The molecule has 0 N–H and O–H groups in total. The highest BCUT2D eigenvalue weighted by atomic mass is 32.3. The molecule has 3 saturated heterocycles. The van der Waals surface area contributed by atoms with Gasteiger partial charge in [0.25, 0.3) is 0 Å². The molecule has 3 fully saturated rings. The van der Waals surface area contributed by atoms with Gasteiger partial charge in [0, 0.05) is 44.2 Å². The van der Waals surface area contributed by atoms with Crippen LogP contribution < -0.4 is 0 Å². The number of urea groups is 1. The number of fused-ring (bicyclic) bond motifs is 2. The van der Waals surface area contributed by atoms with Crippen LogP contribution in [0.15, 0.2) is 10.6 Å². The van der Waals surface area contributed by atoms with Gasteiger partial charge >= 0.3 is 22.5 Å². The molecule has 0 spiro atoms. The molecule has 4 heterocycles. The molecule has 280 valence electrons. The molecule has 3 atom stereocenters.